The van der Waals surface area contributed by atoms with Crippen molar-refractivity contribution in [2.45, 2.75) is 151 Å². The molecule has 10 heteroatoms. The molecule has 10 aromatic rings. The Bertz CT molecular complexity index is 3530. The van der Waals surface area contributed by atoms with Gasteiger partial charge in [-0.25, -0.2) is 9.97 Å². The van der Waals surface area contributed by atoms with Gasteiger partial charge in [0.2, 0.25) is 0 Å². The molecule has 402 valence electrons. The number of rotatable bonds is 0. The van der Waals surface area contributed by atoms with Crippen molar-refractivity contribution in [3.63, 3.8) is 0 Å². The van der Waals surface area contributed by atoms with Crippen molar-refractivity contribution in [3.05, 3.63) is 178 Å². The number of oxazole rings is 1. The Morgan fingerprint density at radius 3 is 1.66 bits per heavy atom. The van der Waals surface area contributed by atoms with Crippen molar-refractivity contribution in [1.29, 1.82) is 0 Å². The maximum atomic E-state index is 5.39. The summed E-state index contributed by atoms with van der Waals surface area (Å²) in [6.07, 6.45) is 2.38. The van der Waals surface area contributed by atoms with Gasteiger partial charge in [0, 0.05) is 35.9 Å². The van der Waals surface area contributed by atoms with Crippen LogP contribution in [0.25, 0.3) is 48.1 Å². The molecule has 0 spiro atoms. The fraction of sp³-hybridized carbons (Fsp3) is 0.343. The minimum atomic E-state index is -1.37. The van der Waals surface area contributed by atoms with E-state index in [0.29, 0.717) is 14.5 Å². The standard InChI is InChI=1S/C13H18Si.C12H17NSi.C12H15N.C10H11NO.C10H11NS.C10H11NSe/c1-9-6-12-8-11(3)14(4,5)13(12)7-10(9)2;1-8-6-11-12(7-9(8)2)14(4,5)10(3)13-11;1-8-5-11-7-10(3)13(4)12(11)6-9(8)2;3*1-6-4-9-10(5-7(6)2)12-8(3)11-9/h6-8H,1-5H3;6-7H,1-5H3;5-7H,1-4H3;3*4-5H,1-3H3. The Morgan fingerprint density at radius 1 is 0.481 bits per heavy atom. The van der Waals surface area contributed by atoms with E-state index in [-0.39, 0.29) is 0 Å². The van der Waals surface area contributed by atoms with E-state index in [4.69, 9.17) is 4.42 Å². The molecule has 6 nitrogen and oxygen atoms in total. The van der Waals surface area contributed by atoms with Crippen LogP contribution in [0.3, 0.4) is 0 Å². The second-order valence-electron chi connectivity index (χ2n) is 23.0. The fourth-order valence-corrected chi connectivity index (χ4v) is 17.0. The molecule has 0 saturated heterocycles. The van der Waals surface area contributed by atoms with E-state index in [2.05, 4.69) is 254 Å². The Kier molecular flexibility index (Phi) is 17.8. The van der Waals surface area contributed by atoms with Gasteiger partial charge < -0.3 is 8.98 Å². The summed E-state index contributed by atoms with van der Waals surface area (Å²) < 4.78 is 11.7. The molecule has 0 amide bonds. The normalized spacial score (nSPS) is 13.5. The summed E-state index contributed by atoms with van der Waals surface area (Å²) in [5.41, 5.74) is 25.8. The molecule has 0 fully saturated rings. The van der Waals surface area contributed by atoms with Crippen LogP contribution in [0.2, 0.25) is 26.2 Å². The van der Waals surface area contributed by atoms with E-state index in [1.54, 1.807) is 21.7 Å². The third-order valence-electron chi connectivity index (χ3n) is 16.4. The summed E-state index contributed by atoms with van der Waals surface area (Å²) in [7, 11) is -0.508. The average molecular weight is 1140 g/mol. The Balaban J connectivity index is 0.000000134. The zero-order valence-corrected chi connectivity index (χ0v) is 55.1. The second kappa shape index (κ2) is 23.3. The monoisotopic (exact) mass is 1140 g/mol. The van der Waals surface area contributed by atoms with Gasteiger partial charge in [0.05, 0.1) is 20.9 Å². The van der Waals surface area contributed by atoms with Crippen molar-refractivity contribution in [2.24, 2.45) is 12.0 Å². The molecular weight excluding hydrogens is 1060 g/mol. The number of allylic oxidation sites excluding steroid dienone is 1. The summed E-state index contributed by atoms with van der Waals surface area (Å²) in [5.74, 6) is 0.731. The molecular formula is C67H83N5OSSeSi2. The molecule has 0 radical (unpaired) electrons. The van der Waals surface area contributed by atoms with Gasteiger partial charge >= 0.3 is 77.9 Å². The van der Waals surface area contributed by atoms with Gasteiger partial charge in [-0.15, -0.1) is 11.3 Å². The van der Waals surface area contributed by atoms with Gasteiger partial charge in [0.1, 0.15) is 21.7 Å². The predicted molar refractivity (Wildman–Crippen MR) is 345 cm³/mol. The number of benzene rings is 6. The van der Waals surface area contributed by atoms with Crippen LogP contribution in [-0.2, 0) is 7.05 Å². The first-order valence-electron chi connectivity index (χ1n) is 27.0. The molecule has 0 unspecified atom stereocenters. The first-order valence-corrected chi connectivity index (χ1v) is 35.5. The first-order chi connectivity index (χ1) is 35.9. The van der Waals surface area contributed by atoms with Crippen LogP contribution in [0.4, 0.5) is 5.69 Å². The maximum Gasteiger partial charge on any atom is 0.192 e. The van der Waals surface area contributed by atoms with Crippen LogP contribution >= 0.6 is 11.3 Å². The SMILES string of the molecule is CC1=Cc2cc(C)c(C)cc2[Si]1(C)C.CC1=Nc2cc(C)c(C)cc2[Si]1(C)C.Cc1cc2cc(C)n(C)c2cc1C.Cc1nc2cc(C)c(C)cc2[se]1.Cc1nc2cc(C)c(C)cc2o1.Cc1nc2cc(C)c(C)cc2s1. The van der Waals surface area contributed by atoms with Crippen LogP contribution in [0.1, 0.15) is 107 Å². The first kappa shape index (κ1) is 58.9. The Labute approximate surface area is 472 Å². The molecule has 0 N–H and O–H groups in total. The number of fused-ring (bicyclic) bond motifs is 6. The quantitative estimate of drug-likeness (QED) is 0.142. The summed E-state index contributed by atoms with van der Waals surface area (Å²) in [6.45, 7) is 48.1. The van der Waals surface area contributed by atoms with E-state index in [0.717, 1.165) is 27.5 Å². The van der Waals surface area contributed by atoms with Crippen LogP contribution in [0.15, 0.2) is 93.5 Å². The number of hydrogen-bond acceptors (Lipinski definition) is 6. The predicted octanol–water partition coefficient (Wildman–Crippen LogP) is 17.3. The molecule has 6 heterocycles. The molecule has 0 bridgehead atoms. The van der Waals surface area contributed by atoms with Crippen LogP contribution < -0.4 is 10.4 Å². The molecule has 77 heavy (non-hydrogen) atoms. The van der Waals surface area contributed by atoms with Crippen LogP contribution in [0, 0.1) is 111 Å². The molecule has 4 aromatic heterocycles. The van der Waals surface area contributed by atoms with Crippen molar-refractivity contribution < 1.29 is 4.42 Å². The summed E-state index contributed by atoms with van der Waals surface area (Å²) in [4.78, 5) is 17.9. The zero-order chi connectivity index (χ0) is 56.7. The van der Waals surface area contributed by atoms with Crippen molar-refractivity contribution in [1.82, 2.24) is 19.5 Å². The second-order valence-corrected chi connectivity index (χ2v) is 35.9. The Morgan fingerprint density at radius 2 is 1.00 bits per heavy atom. The van der Waals surface area contributed by atoms with Gasteiger partial charge in [-0.1, -0.05) is 55.7 Å². The minimum Gasteiger partial charge on any atom is -0.441 e. The Hall–Kier alpha value is -5.75. The molecule has 2 aliphatic rings. The minimum absolute atomic E-state index is 0.494. The van der Waals surface area contributed by atoms with Crippen molar-refractivity contribution in [3.8, 4) is 0 Å². The van der Waals surface area contributed by atoms with E-state index < -0.39 is 16.1 Å². The average Bonchev–Trinajstić information content (AvgIpc) is 4.16. The third-order valence-corrected chi connectivity index (χ3v) is 26.9. The number of aryl methyl sites for hydroxylation is 17. The van der Waals surface area contributed by atoms with E-state index in [1.165, 1.54) is 124 Å². The molecule has 0 aliphatic carbocycles. The van der Waals surface area contributed by atoms with Crippen molar-refractivity contribution in [2.75, 3.05) is 0 Å². The molecule has 2 aliphatic heterocycles. The van der Waals surface area contributed by atoms with Gasteiger partial charge in [-0.2, -0.15) is 0 Å². The van der Waals surface area contributed by atoms with Crippen molar-refractivity contribution >= 4 is 111 Å². The molecule has 0 saturated carbocycles. The number of aliphatic imine (C=N–C) groups is 1. The zero-order valence-electron chi connectivity index (χ0n) is 50.5. The summed E-state index contributed by atoms with van der Waals surface area (Å²) in [5, 5.41) is 8.60. The number of aromatic nitrogens is 4. The third kappa shape index (κ3) is 13.1. The van der Waals surface area contributed by atoms with Crippen LogP contribution in [-0.4, -0.2) is 55.5 Å². The van der Waals surface area contributed by atoms with E-state index in [9.17, 15) is 0 Å². The number of nitrogens with zero attached hydrogens (tertiary/aromatic N) is 5. The van der Waals surface area contributed by atoms with E-state index in [1.807, 2.05) is 13.0 Å². The maximum absolute atomic E-state index is 5.39. The fourth-order valence-electron chi connectivity index (χ4n) is 9.66. The van der Waals surface area contributed by atoms with Gasteiger partial charge in [0.25, 0.3) is 0 Å². The van der Waals surface area contributed by atoms with Gasteiger partial charge in [0.15, 0.2) is 11.5 Å². The summed E-state index contributed by atoms with van der Waals surface area (Å²) >= 11 is 2.26. The number of thiazole rings is 1. The summed E-state index contributed by atoms with van der Waals surface area (Å²) in [6, 6.07) is 29.0. The van der Waals surface area contributed by atoms with Crippen LogP contribution in [0.5, 0.6) is 0 Å². The largest absolute Gasteiger partial charge is 0.441 e. The van der Waals surface area contributed by atoms with E-state index >= 15 is 0 Å². The topological polar surface area (TPSA) is 69.1 Å². The molecule has 12 rings (SSSR count). The molecule has 0 atom stereocenters. The van der Waals surface area contributed by atoms with Gasteiger partial charge in [-0.05, 0) is 217 Å². The van der Waals surface area contributed by atoms with Gasteiger partial charge in [-0.3, -0.25) is 4.99 Å². The smallest absolute Gasteiger partial charge is 0.192 e. The number of hydrogen-bond donors (Lipinski definition) is 0. The molecule has 6 aromatic carbocycles.